The van der Waals surface area contributed by atoms with Crippen LogP contribution < -0.4 is 0 Å². The van der Waals surface area contributed by atoms with E-state index >= 15 is 0 Å². The van der Waals surface area contributed by atoms with Crippen molar-refractivity contribution < 1.29 is 21.6 Å². The topological polar surface area (TPSA) is 37.4 Å². The number of halogens is 3. The highest BCUT2D eigenvalue weighted by Crippen LogP contribution is 2.30. The Morgan fingerprint density at radius 1 is 1.33 bits per heavy atom. The van der Waals surface area contributed by atoms with Crippen molar-refractivity contribution in [3.8, 4) is 0 Å². The second kappa shape index (κ2) is 5.96. The van der Waals surface area contributed by atoms with Crippen LogP contribution in [0.25, 0.3) is 0 Å². The van der Waals surface area contributed by atoms with Gasteiger partial charge in [0.25, 0.3) is 0 Å². The number of alkyl halides is 3. The molecule has 0 spiro atoms. The molecule has 1 fully saturated rings. The molecule has 118 valence electrons. The summed E-state index contributed by atoms with van der Waals surface area (Å²) in [5, 5.41) is 0. The van der Waals surface area contributed by atoms with Gasteiger partial charge in [0.05, 0.1) is 17.1 Å². The summed E-state index contributed by atoms with van der Waals surface area (Å²) in [6, 6.07) is 5.10. The van der Waals surface area contributed by atoms with E-state index in [1.54, 1.807) is 6.07 Å². The Hall–Kier alpha value is -1.08. The quantitative estimate of drug-likeness (QED) is 0.856. The van der Waals surface area contributed by atoms with Crippen LogP contribution in [-0.4, -0.2) is 37.4 Å². The maximum Gasteiger partial charge on any atom is 0.416 e. The van der Waals surface area contributed by atoms with E-state index in [0.717, 1.165) is 12.1 Å². The summed E-state index contributed by atoms with van der Waals surface area (Å²) >= 11 is 0. The van der Waals surface area contributed by atoms with Crippen LogP contribution in [0.4, 0.5) is 13.2 Å². The average molecular weight is 321 g/mol. The van der Waals surface area contributed by atoms with Gasteiger partial charge in [-0.25, -0.2) is 8.42 Å². The summed E-state index contributed by atoms with van der Waals surface area (Å²) in [5.41, 5.74) is -0.119. The summed E-state index contributed by atoms with van der Waals surface area (Å²) in [4.78, 5) is 1.93. The fraction of sp³-hybridized carbons (Fsp3) is 0.571. The number of benzene rings is 1. The van der Waals surface area contributed by atoms with Crippen LogP contribution >= 0.6 is 0 Å². The molecule has 0 amide bonds. The molecule has 0 saturated carbocycles. The Labute approximate surface area is 122 Å². The van der Waals surface area contributed by atoms with E-state index in [9.17, 15) is 21.6 Å². The second-order valence-corrected chi connectivity index (χ2v) is 7.55. The van der Waals surface area contributed by atoms with Crippen molar-refractivity contribution in [1.29, 1.82) is 0 Å². The minimum atomic E-state index is -4.36. The molecule has 0 bridgehead atoms. The molecule has 1 aliphatic rings. The van der Waals surface area contributed by atoms with Crippen LogP contribution in [0.15, 0.2) is 24.3 Å². The lowest BCUT2D eigenvalue weighted by Gasteiger charge is -2.26. The Bertz CT molecular complexity index is 598. The van der Waals surface area contributed by atoms with Crippen molar-refractivity contribution in [3.05, 3.63) is 35.4 Å². The first-order chi connectivity index (χ1) is 9.71. The molecule has 1 aromatic rings. The van der Waals surface area contributed by atoms with Crippen molar-refractivity contribution in [2.75, 3.05) is 18.1 Å². The lowest BCUT2D eigenvalue weighted by Crippen LogP contribution is -2.35. The fourth-order valence-electron chi connectivity index (χ4n) is 2.64. The van der Waals surface area contributed by atoms with Crippen LogP contribution in [0.2, 0.25) is 0 Å². The molecule has 1 aromatic carbocycles. The minimum absolute atomic E-state index is 0.0970. The average Bonchev–Trinajstić information content (AvgIpc) is 2.75. The smallest absolute Gasteiger partial charge is 0.295 e. The van der Waals surface area contributed by atoms with Gasteiger partial charge in [-0.3, -0.25) is 4.90 Å². The van der Waals surface area contributed by atoms with Gasteiger partial charge in [0.15, 0.2) is 9.84 Å². The summed E-state index contributed by atoms with van der Waals surface area (Å²) in [6.07, 6.45) is -3.81. The van der Waals surface area contributed by atoms with Gasteiger partial charge in [-0.05, 0) is 24.6 Å². The van der Waals surface area contributed by atoms with Crippen LogP contribution in [0.3, 0.4) is 0 Å². The third kappa shape index (κ3) is 4.20. The lowest BCUT2D eigenvalue weighted by molar-refractivity contribution is -0.137. The van der Waals surface area contributed by atoms with Gasteiger partial charge in [-0.2, -0.15) is 13.2 Å². The Kier molecular flexibility index (Phi) is 4.63. The Balaban J connectivity index is 2.12. The highest BCUT2D eigenvalue weighted by Gasteiger charge is 2.33. The Morgan fingerprint density at radius 2 is 2.05 bits per heavy atom. The highest BCUT2D eigenvalue weighted by atomic mass is 32.2. The summed E-state index contributed by atoms with van der Waals surface area (Å²) in [5.74, 6) is 0.260. The third-order valence-electron chi connectivity index (χ3n) is 3.77. The standard InChI is InChI=1S/C14H18F3NO2S/c1-2-18(13-6-7-21(19,20)10-13)9-11-4-3-5-12(8-11)14(15,16)17/h3-5,8,13H,2,6-7,9-10H2,1H3/t13-/m1/s1. The molecule has 21 heavy (non-hydrogen) atoms. The molecule has 7 heteroatoms. The van der Waals surface area contributed by atoms with E-state index in [1.165, 1.54) is 6.07 Å². The molecule has 1 aliphatic heterocycles. The van der Waals surface area contributed by atoms with E-state index in [1.807, 2.05) is 11.8 Å². The van der Waals surface area contributed by atoms with E-state index in [0.29, 0.717) is 25.1 Å². The predicted molar refractivity (Wildman–Crippen MR) is 74.6 cm³/mol. The van der Waals surface area contributed by atoms with Crippen molar-refractivity contribution >= 4 is 9.84 Å². The number of sulfone groups is 1. The van der Waals surface area contributed by atoms with Gasteiger partial charge in [0.2, 0.25) is 0 Å². The molecule has 2 rings (SSSR count). The molecule has 1 atom stereocenters. The first-order valence-corrected chi connectivity index (χ1v) is 8.64. The van der Waals surface area contributed by atoms with Gasteiger partial charge in [0.1, 0.15) is 0 Å². The zero-order valence-corrected chi connectivity index (χ0v) is 12.5. The van der Waals surface area contributed by atoms with E-state index in [4.69, 9.17) is 0 Å². The van der Waals surface area contributed by atoms with E-state index in [-0.39, 0.29) is 17.5 Å². The zero-order valence-electron chi connectivity index (χ0n) is 11.7. The number of hydrogen-bond donors (Lipinski definition) is 0. The molecule has 3 nitrogen and oxygen atoms in total. The maximum absolute atomic E-state index is 12.7. The molecular weight excluding hydrogens is 303 g/mol. The van der Waals surface area contributed by atoms with Crippen LogP contribution in [-0.2, 0) is 22.6 Å². The van der Waals surface area contributed by atoms with Crippen molar-refractivity contribution in [1.82, 2.24) is 4.90 Å². The maximum atomic E-state index is 12.7. The lowest BCUT2D eigenvalue weighted by atomic mass is 10.1. The number of rotatable bonds is 4. The predicted octanol–water partition coefficient (Wildman–Crippen LogP) is 2.71. The monoisotopic (exact) mass is 321 g/mol. The van der Waals surface area contributed by atoms with Crippen LogP contribution in [0, 0.1) is 0 Å². The van der Waals surface area contributed by atoms with Crippen LogP contribution in [0.5, 0.6) is 0 Å². The van der Waals surface area contributed by atoms with Crippen molar-refractivity contribution in [2.45, 2.75) is 32.1 Å². The first kappa shape index (κ1) is 16.3. The fourth-order valence-corrected chi connectivity index (χ4v) is 4.40. The summed E-state index contributed by atoms with van der Waals surface area (Å²) in [7, 11) is -3.00. The molecule has 0 radical (unpaired) electrons. The molecule has 0 aromatic heterocycles. The van der Waals surface area contributed by atoms with E-state index < -0.39 is 21.6 Å². The third-order valence-corrected chi connectivity index (χ3v) is 5.52. The Morgan fingerprint density at radius 3 is 2.57 bits per heavy atom. The summed E-state index contributed by atoms with van der Waals surface area (Å²) < 4.78 is 61.1. The van der Waals surface area contributed by atoms with Gasteiger partial charge in [-0.15, -0.1) is 0 Å². The highest BCUT2D eigenvalue weighted by molar-refractivity contribution is 7.91. The molecule has 1 saturated heterocycles. The minimum Gasteiger partial charge on any atom is -0.295 e. The van der Waals surface area contributed by atoms with Gasteiger partial charge < -0.3 is 0 Å². The normalized spacial score (nSPS) is 21.9. The molecular formula is C14H18F3NO2S. The molecule has 0 N–H and O–H groups in total. The summed E-state index contributed by atoms with van der Waals surface area (Å²) in [6.45, 7) is 2.83. The van der Waals surface area contributed by atoms with Crippen LogP contribution in [0.1, 0.15) is 24.5 Å². The molecule has 0 unspecified atom stereocenters. The van der Waals surface area contributed by atoms with Gasteiger partial charge in [0, 0.05) is 12.6 Å². The first-order valence-electron chi connectivity index (χ1n) is 6.82. The number of nitrogens with zero attached hydrogens (tertiary/aromatic N) is 1. The SMILES string of the molecule is CCN(Cc1cccc(C(F)(F)F)c1)[C@@H]1CCS(=O)(=O)C1. The van der Waals surface area contributed by atoms with E-state index in [2.05, 4.69) is 0 Å². The van der Waals surface area contributed by atoms with Gasteiger partial charge in [-0.1, -0.05) is 25.1 Å². The zero-order chi connectivity index (χ0) is 15.7. The largest absolute Gasteiger partial charge is 0.416 e. The van der Waals surface area contributed by atoms with Gasteiger partial charge >= 0.3 is 6.18 Å². The van der Waals surface area contributed by atoms with Crippen molar-refractivity contribution in [2.24, 2.45) is 0 Å². The van der Waals surface area contributed by atoms with Crippen molar-refractivity contribution in [3.63, 3.8) is 0 Å². The molecule has 1 heterocycles. The second-order valence-electron chi connectivity index (χ2n) is 5.32. The molecule has 0 aliphatic carbocycles. The number of hydrogen-bond acceptors (Lipinski definition) is 3.